The Kier molecular flexibility index (Phi) is 5.53. The van der Waals surface area contributed by atoms with E-state index in [1.807, 2.05) is 86.6 Å². The molecule has 0 spiro atoms. The topological polar surface area (TPSA) is 61.4 Å². The lowest BCUT2D eigenvalue weighted by Crippen LogP contribution is -2.44. The number of hydrogen-bond acceptors (Lipinski definition) is 2. The number of nitrogens with one attached hydrogen (secondary N) is 2. The highest BCUT2D eigenvalue weighted by Gasteiger charge is 2.32. The van der Waals surface area contributed by atoms with Gasteiger partial charge in [-0.1, -0.05) is 60.7 Å². The van der Waals surface area contributed by atoms with Crippen LogP contribution in [0.4, 0.5) is 16.2 Å². The first-order valence-electron chi connectivity index (χ1n) is 10.1. The largest absolute Gasteiger partial charge is 0.322 e. The van der Waals surface area contributed by atoms with Crippen LogP contribution in [0.15, 0.2) is 72.8 Å². The normalized spacial score (nSPS) is 13.5. The molecule has 0 saturated carbocycles. The Labute approximate surface area is 176 Å². The average Bonchev–Trinajstić information content (AvgIpc) is 3.20. The molecule has 0 radical (unpaired) electrons. The van der Waals surface area contributed by atoms with Gasteiger partial charge in [0.05, 0.1) is 0 Å². The average molecular weight is 399 g/mol. The first kappa shape index (κ1) is 19.7. The molecule has 5 nitrogen and oxygen atoms in total. The van der Waals surface area contributed by atoms with Gasteiger partial charge in [0.25, 0.3) is 5.91 Å². The van der Waals surface area contributed by atoms with E-state index >= 15 is 0 Å². The van der Waals surface area contributed by atoms with E-state index in [0.717, 1.165) is 40.0 Å². The van der Waals surface area contributed by atoms with Gasteiger partial charge in [-0.05, 0) is 54.7 Å². The van der Waals surface area contributed by atoms with E-state index in [9.17, 15) is 9.59 Å². The predicted octanol–water partition coefficient (Wildman–Crippen LogP) is 4.76. The number of benzene rings is 3. The van der Waals surface area contributed by atoms with Crippen LogP contribution in [0, 0.1) is 13.8 Å². The Bertz CT molecular complexity index is 1080. The molecule has 0 bridgehead atoms. The molecule has 0 fully saturated rings. The summed E-state index contributed by atoms with van der Waals surface area (Å²) in [5.74, 6) is -0.137. The van der Waals surface area contributed by atoms with E-state index in [2.05, 4.69) is 10.6 Å². The van der Waals surface area contributed by atoms with Gasteiger partial charge in [0.1, 0.15) is 6.04 Å². The Hall–Kier alpha value is -3.60. The van der Waals surface area contributed by atoms with Crippen LogP contribution >= 0.6 is 0 Å². The highest BCUT2D eigenvalue weighted by Crippen LogP contribution is 2.30. The van der Waals surface area contributed by atoms with Crippen LogP contribution < -0.4 is 15.5 Å². The summed E-state index contributed by atoms with van der Waals surface area (Å²) in [6, 6.07) is 21.9. The molecule has 1 heterocycles. The third kappa shape index (κ3) is 3.92. The smallest absolute Gasteiger partial charge is 0.320 e. The second-order valence-electron chi connectivity index (χ2n) is 7.56. The number of rotatable bonds is 4. The molecular weight excluding hydrogens is 374 g/mol. The molecule has 3 aromatic rings. The van der Waals surface area contributed by atoms with Gasteiger partial charge in [-0.25, -0.2) is 4.79 Å². The zero-order valence-electron chi connectivity index (χ0n) is 17.2. The van der Waals surface area contributed by atoms with Crippen molar-refractivity contribution in [2.45, 2.75) is 26.3 Å². The van der Waals surface area contributed by atoms with E-state index in [1.54, 1.807) is 4.90 Å². The standard InChI is InChI=1S/C25H25N3O2/c1-17-9-8-13-21(18(17)2)26-25(30)27-23(20-11-4-3-5-12-20)24(29)28-16-15-19-10-6-7-14-22(19)28/h3-14,23H,15-16H2,1-2H3,(H2,26,27,30). The minimum Gasteiger partial charge on any atom is -0.322 e. The molecule has 0 saturated heterocycles. The second-order valence-corrected chi connectivity index (χ2v) is 7.56. The van der Waals surface area contributed by atoms with Crippen LogP contribution in [0.1, 0.15) is 28.3 Å². The predicted molar refractivity (Wildman–Crippen MR) is 120 cm³/mol. The van der Waals surface area contributed by atoms with Crippen LogP contribution in [0.3, 0.4) is 0 Å². The van der Waals surface area contributed by atoms with Crippen molar-refractivity contribution in [2.24, 2.45) is 0 Å². The van der Waals surface area contributed by atoms with Gasteiger partial charge in [0, 0.05) is 17.9 Å². The molecule has 5 heteroatoms. The number of hydrogen-bond donors (Lipinski definition) is 2. The van der Waals surface area contributed by atoms with Crippen LogP contribution in [0.25, 0.3) is 0 Å². The van der Waals surface area contributed by atoms with Gasteiger partial charge in [0.2, 0.25) is 0 Å². The van der Waals surface area contributed by atoms with Crippen molar-refractivity contribution in [1.82, 2.24) is 5.32 Å². The van der Waals surface area contributed by atoms with Gasteiger partial charge in [0.15, 0.2) is 0 Å². The summed E-state index contributed by atoms with van der Waals surface area (Å²) in [6.07, 6.45) is 0.818. The summed E-state index contributed by atoms with van der Waals surface area (Å²) in [4.78, 5) is 28.1. The molecule has 30 heavy (non-hydrogen) atoms. The van der Waals surface area contributed by atoms with Crippen molar-refractivity contribution >= 4 is 23.3 Å². The Morgan fingerprint density at radius 1 is 0.900 bits per heavy atom. The number of carbonyl (C=O) groups excluding carboxylic acids is 2. The maximum absolute atomic E-state index is 13.5. The molecule has 1 unspecified atom stereocenters. The molecule has 152 valence electrons. The lowest BCUT2D eigenvalue weighted by Gasteiger charge is -2.25. The van der Waals surface area contributed by atoms with Crippen molar-refractivity contribution in [1.29, 1.82) is 0 Å². The monoisotopic (exact) mass is 399 g/mol. The molecule has 3 amide bonds. The molecule has 0 aliphatic carbocycles. The molecule has 2 N–H and O–H groups in total. The summed E-state index contributed by atoms with van der Waals surface area (Å²) < 4.78 is 0. The van der Waals surface area contributed by atoms with Crippen molar-refractivity contribution in [3.8, 4) is 0 Å². The summed E-state index contributed by atoms with van der Waals surface area (Å²) in [6.45, 7) is 4.58. The van der Waals surface area contributed by atoms with Crippen LogP contribution in [0.2, 0.25) is 0 Å². The lowest BCUT2D eigenvalue weighted by molar-refractivity contribution is -0.120. The summed E-state index contributed by atoms with van der Waals surface area (Å²) in [7, 11) is 0. The van der Waals surface area contributed by atoms with E-state index in [-0.39, 0.29) is 5.91 Å². The molecule has 4 rings (SSSR count). The number of nitrogens with zero attached hydrogens (tertiary/aromatic N) is 1. The fourth-order valence-corrected chi connectivity index (χ4v) is 3.83. The summed E-state index contributed by atoms with van der Waals surface area (Å²) in [5.41, 5.74) is 5.65. The summed E-state index contributed by atoms with van der Waals surface area (Å²) in [5, 5.41) is 5.79. The van der Waals surface area contributed by atoms with Crippen molar-refractivity contribution in [3.05, 3.63) is 95.1 Å². The molecule has 1 aliphatic heterocycles. The number of anilines is 2. The Balaban J connectivity index is 1.59. The number of carbonyl (C=O) groups is 2. The molecule has 0 aromatic heterocycles. The number of amides is 3. The van der Waals surface area contributed by atoms with Gasteiger partial charge < -0.3 is 15.5 Å². The number of urea groups is 1. The Morgan fingerprint density at radius 3 is 2.43 bits per heavy atom. The fourth-order valence-electron chi connectivity index (χ4n) is 3.83. The van der Waals surface area contributed by atoms with E-state index in [1.165, 1.54) is 0 Å². The first-order valence-corrected chi connectivity index (χ1v) is 10.1. The molecule has 1 aliphatic rings. The van der Waals surface area contributed by atoms with Gasteiger partial charge in [-0.3, -0.25) is 4.79 Å². The SMILES string of the molecule is Cc1cccc(NC(=O)NC(C(=O)N2CCc3ccccc32)c2ccccc2)c1C. The lowest BCUT2D eigenvalue weighted by atomic mass is 10.1. The maximum Gasteiger partial charge on any atom is 0.320 e. The van der Waals surface area contributed by atoms with Gasteiger partial charge in [-0.15, -0.1) is 0 Å². The highest BCUT2D eigenvalue weighted by atomic mass is 16.2. The zero-order chi connectivity index (χ0) is 21.1. The van der Waals surface area contributed by atoms with Gasteiger partial charge in [-0.2, -0.15) is 0 Å². The third-order valence-corrected chi connectivity index (χ3v) is 5.66. The highest BCUT2D eigenvalue weighted by molar-refractivity contribution is 6.02. The second kappa shape index (κ2) is 8.41. The number of aryl methyl sites for hydroxylation is 1. The minimum absolute atomic E-state index is 0.137. The zero-order valence-corrected chi connectivity index (χ0v) is 17.2. The maximum atomic E-state index is 13.5. The molecule has 3 aromatic carbocycles. The Morgan fingerprint density at radius 2 is 1.63 bits per heavy atom. The fraction of sp³-hybridized carbons (Fsp3) is 0.200. The van der Waals surface area contributed by atoms with Crippen molar-refractivity contribution in [3.63, 3.8) is 0 Å². The van der Waals surface area contributed by atoms with E-state index < -0.39 is 12.1 Å². The number of fused-ring (bicyclic) bond motifs is 1. The quantitative estimate of drug-likeness (QED) is 0.665. The van der Waals surface area contributed by atoms with Gasteiger partial charge >= 0.3 is 6.03 Å². The van der Waals surface area contributed by atoms with E-state index in [4.69, 9.17) is 0 Å². The van der Waals surface area contributed by atoms with Crippen molar-refractivity contribution < 1.29 is 9.59 Å². The van der Waals surface area contributed by atoms with E-state index in [0.29, 0.717) is 6.54 Å². The van der Waals surface area contributed by atoms with Crippen LogP contribution in [0.5, 0.6) is 0 Å². The molecule has 1 atom stereocenters. The minimum atomic E-state index is -0.775. The number of para-hydroxylation sites is 1. The van der Waals surface area contributed by atoms with Crippen molar-refractivity contribution in [2.75, 3.05) is 16.8 Å². The van der Waals surface area contributed by atoms with Crippen LogP contribution in [-0.2, 0) is 11.2 Å². The molecular formula is C25H25N3O2. The van der Waals surface area contributed by atoms with Crippen LogP contribution in [-0.4, -0.2) is 18.5 Å². The third-order valence-electron chi connectivity index (χ3n) is 5.66. The first-order chi connectivity index (χ1) is 14.5. The summed E-state index contributed by atoms with van der Waals surface area (Å²) >= 11 is 0.